The normalized spacial score (nSPS) is 13.3. The lowest BCUT2D eigenvalue weighted by Gasteiger charge is -2.19. The Bertz CT molecular complexity index is 623. The van der Waals surface area contributed by atoms with Crippen LogP contribution in [0.4, 0.5) is 4.39 Å². The molecule has 0 bridgehead atoms. The van der Waals surface area contributed by atoms with Crippen molar-refractivity contribution in [3.05, 3.63) is 65.5 Å². The van der Waals surface area contributed by atoms with Crippen molar-refractivity contribution in [1.82, 2.24) is 5.32 Å². The highest BCUT2D eigenvalue weighted by Gasteiger charge is 2.17. The van der Waals surface area contributed by atoms with Crippen LogP contribution in [0.3, 0.4) is 0 Å². The summed E-state index contributed by atoms with van der Waals surface area (Å²) in [5, 5.41) is 2.91. The molecule has 0 aliphatic carbocycles. The lowest BCUT2D eigenvalue weighted by molar-refractivity contribution is -0.127. The van der Waals surface area contributed by atoms with Gasteiger partial charge in [-0.05, 0) is 50.6 Å². The Balaban J connectivity index is 1.93. The van der Waals surface area contributed by atoms with Crippen molar-refractivity contribution < 1.29 is 13.9 Å². The monoisotopic (exact) mass is 301 g/mol. The highest BCUT2D eigenvalue weighted by Crippen LogP contribution is 2.15. The van der Waals surface area contributed by atoms with E-state index in [1.54, 1.807) is 6.92 Å². The number of ether oxygens (including phenoxy) is 1. The molecule has 1 amide bonds. The molecule has 116 valence electrons. The first-order valence-electron chi connectivity index (χ1n) is 7.25. The Hall–Kier alpha value is -2.36. The van der Waals surface area contributed by atoms with Crippen LogP contribution in [-0.4, -0.2) is 12.0 Å². The third kappa shape index (κ3) is 4.32. The number of nitrogens with one attached hydrogen (secondary N) is 1. The molecule has 0 radical (unpaired) electrons. The summed E-state index contributed by atoms with van der Waals surface area (Å²) in [5.74, 6) is -0.0816. The van der Waals surface area contributed by atoms with Gasteiger partial charge in [0.2, 0.25) is 0 Å². The maximum Gasteiger partial charge on any atom is 0.261 e. The molecule has 0 aromatic heterocycles. The quantitative estimate of drug-likeness (QED) is 0.912. The number of aryl methyl sites for hydroxylation is 1. The van der Waals surface area contributed by atoms with Crippen LogP contribution in [0.2, 0.25) is 0 Å². The summed E-state index contributed by atoms with van der Waals surface area (Å²) in [6, 6.07) is 13.5. The van der Waals surface area contributed by atoms with Gasteiger partial charge in [-0.2, -0.15) is 0 Å². The van der Waals surface area contributed by atoms with Crippen LogP contribution in [-0.2, 0) is 4.79 Å². The van der Waals surface area contributed by atoms with E-state index in [4.69, 9.17) is 4.74 Å². The Labute approximate surface area is 130 Å². The van der Waals surface area contributed by atoms with Gasteiger partial charge < -0.3 is 10.1 Å². The Morgan fingerprint density at radius 1 is 1.05 bits per heavy atom. The predicted molar refractivity (Wildman–Crippen MR) is 84.2 cm³/mol. The lowest BCUT2D eigenvalue weighted by atomic mass is 10.1. The molecule has 2 atom stereocenters. The number of carbonyl (C=O) groups is 1. The average Bonchev–Trinajstić information content (AvgIpc) is 2.50. The zero-order valence-corrected chi connectivity index (χ0v) is 13.0. The first kappa shape index (κ1) is 16.0. The molecule has 0 spiro atoms. The molecule has 0 heterocycles. The second-order valence-corrected chi connectivity index (χ2v) is 5.35. The number of carbonyl (C=O) groups excluding carboxylic acids is 1. The lowest BCUT2D eigenvalue weighted by Crippen LogP contribution is -2.37. The molecule has 22 heavy (non-hydrogen) atoms. The molecular formula is C18H20FNO2. The van der Waals surface area contributed by atoms with E-state index in [9.17, 15) is 9.18 Å². The molecular weight excluding hydrogens is 281 g/mol. The van der Waals surface area contributed by atoms with Crippen molar-refractivity contribution in [2.75, 3.05) is 0 Å². The summed E-state index contributed by atoms with van der Waals surface area (Å²) in [4.78, 5) is 12.2. The fourth-order valence-electron chi connectivity index (χ4n) is 2.04. The van der Waals surface area contributed by atoms with Crippen LogP contribution in [0.25, 0.3) is 0 Å². The van der Waals surface area contributed by atoms with Crippen LogP contribution in [0.15, 0.2) is 48.5 Å². The number of hydrogen-bond acceptors (Lipinski definition) is 2. The molecule has 0 aliphatic rings. The van der Waals surface area contributed by atoms with Crippen LogP contribution in [0.1, 0.15) is 31.0 Å². The molecule has 0 saturated carbocycles. The highest BCUT2D eigenvalue weighted by molar-refractivity contribution is 5.81. The van der Waals surface area contributed by atoms with Gasteiger partial charge in [0.05, 0.1) is 6.04 Å². The van der Waals surface area contributed by atoms with Crippen molar-refractivity contribution in [2.45, 2.75) is 32.9 Å². The first-order chi connectivity index (χ1) is 10.5. The van der Waals surface area contributed by atoms with E-state index in [-0.39, 0.29) is 17.8 Å². The summed E-state index contributed by atoms with van der Waals surface area (Å²) in [6.45, 7) is 5.61. The summed E-state index contributed by atoms with van der Waals surface area (Å²) >= 11 is 0. The van der Waals surface area contributed by atoms with Gasteiger partial charge in [0.15, 0.2) is 6.10 Å². The van der Waals surface area contributed by atoms with E-state index in [0.29, 0.717) is 5.75 Å². The fraction of sp³-hybridized carbons (Fsp3) is 0.278. The predicted octanol–water partition coefficient (Wildman–Crippen LogP) is 3.78. The topological polar surface area (TPSA) is 38.3 Å². The van der Waals surface area contributed by atoms with Crippen LogP contribution < -0.4 is 10.1 Å². The minimum absolute atomic E-state index is 0.104. The van der Waals surface area contributed by atoms with Crippen LogP contribution >= 0.6 is 0 Å². The Morgan fingerprint density at radius 2 is 1.64 bits per heavy atom. The molecule has 2 aromatic rings. The van der Waals surface area contributed by atoms with E-state index < -0.39 is 6.10 Å². The Morgan fingerprint density at radius 3 is 2.23 bits per heavy atom. The third-order valence-electron chi connectivity index (χ3n) is 3.43. The van der Waals surface area contributed by atoms with E-state index in [1.807, 2.05) is 38.1 Å². The summed E-state index contributed by atoms with van der Waals surface area (Å²) in [5.41, 5.74) is 2.21. The molecule has 0 fully saturated rings. The van der Waals surface area contributed by atoms with Gasteiger partial charge in [-0.25, -0.2) is 4.39 Å². The molecule has 0 saturated heterocycles. The maximum atomic E-state index is 12.8. The van der Waals surface area contributed by atoms with E-state index >= 15 is 0 Å². The van der Waals surface area contributed by atoms with Gasteiger partial charge in [0.25, 0.3) is 5.91 Å². The molecule has 0 unspecified atom stereocenters. The fourth-order valence-corrected chi connectivity index (χ4v) is 2.04. The van der Waals surface area contributed by atoms with Gasteiger partial charge in [-0.15, -0.1) is 0 Å². The van der Waals surface area contributed by atoms with Gasteiger partial charge >= 0.3 is 0 Å². The zero-order chi connectivity index (χ0) is 16.1. The highest BCUT2D eigenvalue weighted by atomic mass is 19.1. The van der Waals surface area contributed by atoms with Crippen molar-refractivity contribution in [2.24, 2.45) is 0 Å². The average molecular weight is 301 g/mol. The molecule has 2 rings (SSSR count). The van der Waals surface area contributed by atoms with Crippen molar-refractivity contribution in [3.8, 4) is 5.75 Å². The maximum absolute atomic E-state index is 12.8. The molecule has 0 aliphatic heterocycles. The number of hydrogen-bond donors (Lipinski definition) is 1. The summed E-state index contributed by atoms with van der Waals surface area (Å²) in [6.07, 6.45) is -0.654. The van der Waals surface area contributed by atoms with Gasteiger partial charge in [-0.1, -0.05) is 29.8 Å². The minimum atomic E-state index is -0.654. The number of amides is 1. The molecule has 2 aromatic carbocycles. The molecule has 1 N–H and O–H groups in total. The van der Waals surface area contributed by atoms with Crippen LogP contribution in [0, 0.1) is 12.7 Å². The zero-order valence-electron chi connectivity index (χ0n) is 13.0. The SMILES string of the molecule is Cc1ccc([C@@H](C)NC(=O)[C@H](C)Oc2ccc(F)cc2)cc1. The van der Waals surface area contributed by atoms with Crippen LogP contribution in [0.5, 0.6) is 5.75 Å². The smallest absolute Gasteiger partial charge is 0.261 e. The summed E-state index contributed by atoms with van der Waals surface area (Å²) < 4.78 is 18.3. The van der Waals surface area contributed by atoms with Crippen molar-refractivity contribution in [3.63, 3.8) is 0 Å². The molecule has 4 heteroatoms. The first-order valence-corrected chi connectivity index (χ1v) is 7.25. The van der Waals surface area contributed by atoms with Crippen molar-refractivity contribution in [1.29, 1.82) is 0 Å². The van der Waals surface area contributed by atoms with E-state index in [2.05, 4.69) is 5.32 Å². The van der Waals surface area contributed by atoms with Crippen molar-refractivity contribution >= 4 is 5.91 Å². The molecule has 3 nitrogen and oxygen atoms in total. The second-order valence-electron chi connectivity index (χ2n) is 5.35. The largest absolute Gasteiger partial charge is 0.481 e. The van der Waals surface area contributed by atoms with Gasteiger partial charge in [0, 0.05) is 0 Å². The number of benzene rings is 2. The van der Waals surface area contributed by atoms with Gasteiger partial charge in [-0.3, -0.25) is 4.79 Å². The summed E-state index contributed by atoms with van der Waals surface area (Å²) in [7, 11) is 0. The number of rotatable bonds is 5. The second kappa shape index (κ2) is 7.07. The van der Waals surface area contributed by atoms with Gasteiger partial charge in [0.1, 0.15) is 11.6 Å². The van der Waals surface area contributed by atoms with E-state index in [1.165, 1.54) is 29.8 Å². The minimum Gasteiger partial charge on any atom is -0.481 e. The Kier molecular flexibility index (Phi) is 5.15. The third-order valence-corrected chi connectivity index (χ3v) is 3.43. The standard InChI is InChI=1S/C18H20FNO2/c1-12-4-6-15(7-5-12)13(2)20-18(21)14(3)22-17-10-8-16(19)9-11-17/h4-11,13-14H,1-3H3,(H,20,21)/t13-,14+/m1/s1. The van der Waals surface area contributed by atoms with E-state index in [0.717, 1.165) is 5.56 Å². The number of halogens is 1.